The lowest BCUT2D eigenvalue weighted by molar-refractivity contribution is 0.482. The summed E-state index contributed by atoms with van der Waals surface area (Å²) < 4.78 is 2.11. The van der Waals surface area contributed by atoms with Crippen LogP contribution >= 0.6 is 0 Å². The molecule has 0 bridgehead atoms. The Morgan fingerprint density at radius 2 is 2.10 bits per heavy atom. The normalized spacial score (nSPS) is 12.6. The average Bonchev–Trinajstić information content (AvgIpc) is 2.86. The molecule has 0 aliphatic heterocycles. The molecule has 114 valence electrons. The Bertz CT molecular complexity index is 572. The Labute approximate surface area is 128 Å². The van der Waals surface area contributed by atoms with Gasteiger partial charge in [0.2, 0.25) is 0 Å². The van der Waals surface area contributed by atoms with Crippen LogP contribution < -0.4 is 5.32 Å². The Balaban J connectivity index is 2.01. The molecule has 0 amide bonds. The summed E-state index contributed by atoms with van der Waals surface area (Å²) in [7, 11) is 2.06. The highest BCUT2D eigenvalue weighted by molar-refractivity contribution is 5.31. The first-order valence-corrected chi connectivity index (χ1v) is 7.86. The quantitative estimate of drug-likeness (QED) is 0.846. The van der Waals surface area contributed by atoms with E-state index in [0.29, 0.717) is 6.04 Å². The van der Waals surface area contributed by atoms with Crippen LogP contribution in [0.4, 0.5) is 0 Å². The van der Waals surface area contributed by atoms with Crippen molar-refractivity contribution in [2.45, 2.75) is 46.1 Å². The van der Waals surface area contributed by atoms with Crippen molar-refractivity contribution in [3.63, 3.8) is 0 Å². The first-order valence-electron chi connectivity index (χ1n) is 7.86. The number of nitrogens with one attached hydrogen (secondary N) is 1. The molecule has 0 aliphatic carbocycles. The summed E-state index contributed by atoms with van der Waals surface area (Å²) in [4.78, 5) is 4.42. The minimum absolute atomic E-state index is 0.507. The second-order valence-corrected chi connectivity index (χ2v) is 5.88. The maximum absolute atomic E-state index is 4.42. The molecule has 1 aromatic heterocycles. The minimum Gasteiger partial charge on any atom is -0.338 e. The molecular weight excluding hydrogens is 258 g/mol. The standard InChI is InChI=1S/C18H27N3/c1-5-19-17(8-9-18-20-10-11-21(18)4)13-16-12-14(2)6-7-15(16)3/h6-7,10-12,17,19H,5,8-9,13H2,1-4H3. The van der Waals surface area contributed by atoms with Gasteiger partial charge < -0.3 is 9.88 Å². The molecule has 1 unspecified atom stereocenters. The molecule has 1 aromatic carbocycles. The van der Waals surface area contributed by atoms with Gasteiger partial charge in [-0.05, 0) is 44.4 Å². The van der Waals surface area contributed by atoms with Gasteiger partial charge in [0.1, 0.15) is 5.82 Å². The van der Waals surface area contributed by atoms with Gasteiger partial charge >= 0.3 is 0 Å². The second-order valence-electron chi connectivity index (χ2n) is 5.88. The zero-order chi connectivity index (χ0) is 15.2. The van der Waals surface area contributed by atoms with Crippen molar-refractivity contribution in [2.24, 2.45) is 7.05 Å². The van der Waals surface area contributed by atoms with Gasteiger partial charge in [0.25, 0.3) is 0 Å². The van der Waals surface area contributed by atoms with Gasteiger partial charge in [-0.3, -0.25) is 0 Å². The summed E-state index contributed by atoms with van der Waals surface area (Å²) in [5.74, 6) is 1.17. The maximum atomic E-state index is 4.42. The van der Waals surface area contributed by atoms with E-state index in [1.54, 1.807) is 0 Å². The van der Waals surface area contributed by atoms with E-state index >= 15 is 0 Å². The third kappa shape index (κ3) is 4.43. The minimum atomic E-state index is 0.507. The van der Waals surface area contributed by atoms with Crippen LogP contribution in [0.2, 0.25) is 0 Å². The monoisotopic (exact) mass is 285 g/mol. The third-order valence-electron chi connectivity index (χ3n) is 4.10. The topological polar surface area (TPSA) is 29.9 Å². The lowest BCUT2D eigenvalue weighted by Crippen LogP contribution is -2.32. The van der Waals surface area contributed by atoms with E-state index in [1.807, 2.05) is 12.4 Å². The smallest absolute Gasteiger partial charge is 0.108 e. The molecule has 0 fully saturated rings. The van der Waals surface area contributed by atoms with Gasteiger partial charge in [-0.1, -0.05) is 30.7 Å². The highest BCUT2D eigenvalue weighted by Gasteiger charge is 2.12. The number of rotatable bonds is 7. The molecule has 0 saturated carbocycles. The summed E-state index contributed by atoms with van der Waals surface area (Å²) in [6, 6.07) is 7.24. The number of likely N-dealkylation sites (N-methyl/N-ethyl adjacent to an activating group) is 1. The third-order valence-corrected chi connectivity index (χ3v) is 4.10. The second kappa shape index (κ2) is 7.41. The average molecular weight is 285 g/mol. The predicted molar refractivity (Wildman–Crippen MR) is 88.6 cm³/mol. The highest BCUT2D eigenvalue weighted by atomic mass is 15.0. The van der Waals surface area contributed by atoms with Gasteiger partial charge in [-0.15, -0.1) is 0 Å². The number of hydrogen-bond acceptors (Lipinski definition) is 2. The number of hydrogen-bond donors (Lipinski definition) is 1. The molecule has 3 nitrogen and oxygen atoms in total. The first kappa shape index (κ1) is 15.8. The van der Waals surface area contributed by atoms with Crippen molar-refractivity contribution in [3.8, 4) is 0 Å². The van der Waals surface area contributed by atoms with Crippen molar-refractivity contribution in [3.05, 3.63) is 53.1 Å². The summed E-state index contributed by atoms with van der Waals surface area (Å²) in [6.07, 6.45) is 7.12. The van der Waals surface area contributed by atoms with Gasteiger partial charge in [-0.25, -0.2) is 4.98 Å². The highest BCUT2D eigenvalue weighted by Crippen LogP contribution is 2.15. The summed E-state index contributed by atoms with van der Waals surface area (Å²) in [6.45, 7) is 7.56. The number of aryl methyl sites for hydroxylation is 4. The molecule has 0 radical (unpaired) electrons. The summed E-state index contributed by atoms with van der Waals surface area (Å²) >= 11 is 0. The van der Waals surface area contributed by atoms with Gasteiger partial charge in [0, 0.05) is 31.9 Å². The maximum Gasteiger partial charge on any atom is 0.108 e. The van der Waals surface area contributed by atoms with E-state index < -0.39 is 0 Å². The fraction of sp³-hybridized carbons (Fsp3) is 0.500. The summed E-state index contributed by atoms with van der Waals surface area (Å²) in [5.41, 5.74) is 4.19. The van der Waals surface area contributed by atoms with Crippen LogP contribution in [0, 0.1) is 13.8 Å². The number of imidazole rings is 1. The van der Waals surface area contributed by atoms with E-state index in [4.69, 9.17) is 0 Å². The van der Waals surface area contributed by atoms with Crippen LogP contribution in [-0.4, -0.2) is 22.1 Å². The predicted octanol–water partition coefficient (Wildman–Crippen LogP) is 3.19. The molecule has 0 aliphatic rings. The Morgan fingerprint density at radius 3 is 2.76 bits per heavy atom. The largest absolute Gasteiger partial charge is 0.338 e. The van der Waals surface area contributed by atoms with Crippen molar-refractivity contribution in [1.29, 1.82) is 0 Å². The van der Waals surface area contributed by atoms with Gasteiger partial charge in [0.05, 0.1) is 0 Å². The fourth-order valence-corrected chi connectivity index (χ4v) is 2.79. The molecule has 0 spiro atoms. The molecule has 1 N–H and O–H groups in total. The van der Waals surface area contributed by atoms with Crippen LogP contribution in [0.3, 0.4) is 0 Å². The zero-order valence-electron chi connectivity index (χ0n) is 13.7. The Kier molecular flexibility index (Phi) is 5.57. The van der Waals surface area contributed by atoms with Crippen molar-refractivity contribution < 1.29 is 0 Å². The van der Waals surface area contributed by atoms with Crippen molar-refractivity contribution in [2.75, 3.05) is 6.54 Å². The SMILES string of the molecule is CCNC(CCc1nccn1C)Cc1cc(C)ccc1C. The molecule has 0 saturated heterocycles. The van der Waals surface area contributed by atoms with Crippen molar-refractivity contribution in [1.82, 2.24) is 14.9 Å². The number of nitrogens with zero attached hydrogens (tertiary/aromatic N) is 2. The van der Waals surface area contributed by atoms with Crippen LogP contribution in [0.5, 0.6) is 0 Å². The van der Waals surface area contributed by atoms with Crippen LogP contribution in [0.25, 0.3) is 0 Å². The Hall–Kier alpha value is -1.61. The van der Waals surface area contributed by atoms with E-state index in [1.165, 1.54) is 22.5 Å². The zero-order valence-corrected chi connectivity index (χ0v) is 13.7. The van der Waals surface area contributed by atoms with Crippen LogP contribution in [-0.2, 0) is 19.9 Å². The Morgan fingerprint density at radius 1 is 1.29 bits per heavy atom. The van der Waals surface area contributed by atoms with E-state index in [2.05, 4.69) is 60.9 Å². The van der Waals surface area contributed by atoms with E-state index in [0.717, 1.165) is 25.8 Å². The van der Waals surface area contributed by atoms with E-state index in [-0.39, 0.29) is 0 Å². The number of benzene rings is 1. The molecule has 1 atom stereocenters. The van der Waals surface area contributed by atoms with Gasteiger partial charge in [0.15, 0.2) is 0 Å². The summed E-state index contributed by atoms with van der Waals surface area (Å²) in [5, 5.41) is 3.62. The molecule has 1 heterocycles. The van der Waals surface area contributed by atoms with Gasteiger partial charge in [-0.2, -0.15) is 0 Å². The van der Waals surface area contributed by atoms with Crippen molar-refractivity contribution >= 4 is 0 Å². The number of aromatic nitrogens is 2. The fourth-order valence-electron chi connectivity index (χ4n) is 2.79. The lowest BCUT2D eigenvalue weighted by Gasteiger charge is -2.19. The van der Waals surface area contributed by atoms with Crippen LogP contribution in [0.15, 0.2) is 30.6 Å². The van der Waals surface area contributed by atoms with E-state index in [9.17, 15) is 0 Å². The molecule has 2 aromatic rings. The lowest BCUT2D eigenvalue weighted by atomic mass is 9.96. The molecule has 3 heteroatoms. The molecule has 2 rings (SSSR count). The first-order chi connectivity index (χ1) is 10.1. The molecule has 21 heavy (non-hydrogen) atoms. The van der Waals surface area contributed by atoms with Crippen LogP contribution in [0.1, 0.15) is 35.9 Å². The molecular formula is C18H27N3.